The molecule has 0 radical (unpaired) electrons. The molecule has 0 spiro atoms. The molecule has 2 rings (SSSR count). The number of nitrogens with zero attached hydrogens (tertiary/aromatic N) is 2. The number of hydrogen-bond donors (Lipinski definition) is 2. The first kappa shape index (κ1) is 15.3. The molecule has 0 aromatic carbocycles. The molecule has 1 saturated heterocycles. The molecule has 3 N–H and O–H groups in total. The summed E-state index contributed by atoms with van der Waals surface area (Å²) >= 11 is 1.30. The van der Waals surface area contributed by atoms with Gasteiger partial charge in [-0.15, -0.1) is 0 Å². The van der Waals surface area contributed by atoms with Gasteiger partial charge in [-0.2, -0.15) is 4.37 Å². The number of rotatable bonds is 5. The summed E-state index contributed by atoms with van der Waals surface area (Å²) in [4.78, 5) is 1.97. The fourth-order valence-corrected chi connectivity index (χ4v) is 3.00. The van der Waals surface area contributed by atoms with Crippen molar-refractivity contribution in [2.75, 3.05) is 37.4 Å². The van der Waals surface area contributed by atoms with Crippen molar-refractivity contribution in [3.05, 3.63) is 0 Å². The molecule has 1 aromatic heterocycles. The lowest BCUT2D eigenvalue weighted by Crippen LogP contribution is -2.45. The van der Waals surface area contributed by atoms with Crippen LogP contribution in [-0.4, -0.2) is 48.0 Å². The Balaban J connectivity index is 2.10. The fourth-order valence-electron chi connectivity index (χ4n) is 2.30. The first-order chi connectivity index (χ1) is 9.41. The van der Waals surface area contributed by atoms with Crippen LogP contribution in [0.1, 0.15) is 26.7 Å². The summed E-state index contributed by atoms with van der Waals surface area (Å²) < 4.78 is 15.2. The van der Waals surface area contributed by atoms with E-state index in [0.717, 1.165) is 5.00 Å². The van der Waals surface area contributed by atoms with Crippen molar-refractivity contribution in [3.8, 4) is 5.75 Å². The molecule has 0 unspecified atom stereocenters. The number of hydrogen-bond acceptors (Lipinski definition) is 7. The number of aliphatic hydroxyl groups is 1. The average Bonchev–Trinajstić information content (AvgIpc) is 2.71. The second-order valence-corrected chi connectivity index (χ2v) is 6.31. The molecule has 114 valence electrons. The lowest BCUT2D eigenvalue weighted by molar-refractivity contribution is -0.0572. The van der Waals surface area contributed by atoms with Gasteiger partial charge < -0.3 is 25.2 Å². The van der Waals surface area contributed by atoms with Gasteiger partial charge in [0.1, 0.15) is 0 Å². The van der Waals surface area contributed by atoms with Crippen LogP contribution in [0.25, 0.3) is 0 Å². The molecule has 1 fully saturated rings. The Labute approximate surface area is 123 Å². The molecular formula is C13H23N3O3S. The minimum absolute atomic E-state index is 0.0343. The number of aromatic nitrogens is 1. The van der Waals surface area contributed by atoms with E-state index in [2.05, 4.69) is 4.37 Å². The Hall–Kier alpha value is -1.05. The Morgan fingerprint density at radius 1 is 1.50 bits per heavy atom. The zero-order valence-electron chi connectivity index (χ0n) is 12.3. The highest BCUT2D eigenvalue weighted by molar-refractivity contribution is 7.11. The zero-order valence-corrected chi connectivity index (χ0v) is 13.1. The van der Waals surface area contributed by atoms with Gasteiger partial charge in [0.05, 0.1) is 11.7 Å². The molecule has 2 heterocycles. The summed E-state index contributed by atoms with van der Waals surface area (Å²) in [5, 5.41) is 11.4. The minimum Gasteiger partial charge on any atom is -0.484 e. The largest absolute Gasteiger partial charge is 0.484 e. The van der Waals surface area contributed by atoms with E-state index < -0.39 is 5.60 Å². The van der Waals surface area contributed by atoms with E-state index in [1.165, 1.54) is 11.5 Å². The maximum absolute atomic E-state index is 10.6. The van der Waals surface area contributed by atoms with Gasteiger partial charge in [0.15, 0.2) is 16.6 Å². The highest BCUT2D eigenvalue weighted by atomic mass is 32.1. The summed E-state index contributed by atoms with van der Waals surface area (Å²) in [6, 6.07) is 0. The molecule has 0 saturated carbocycles. The molecule has 1 aliphatic rings. The zero-order chi connectivity index (χ0) is 14.8. The molecule has 0 aliphatic carbocycles. The quantitative estimate of drug-likeness (QED) is 0.857. The van der Waals surface area contributed by atoms with E-state index in [-0.39, 0.29) is 6.10 Å². The maximum atomic E-state index is 10.6. The Morgan fingerprint density at radius 2 is 2.15 bits per heavy atom. The van der Waals surface area contributed by atoms with E-state index in [4.69, 9.17) is 15.2 Å². The van der Waals surface area contributed by atoms with Crippen molar-refractivity contribution in [1.82, 2.24) is 4.37 Å². The molecule has 1 aliphatic heterocycles. The van der Waals surface area contributed by atoms with Crippen LogP contribution in [0.2, 0.25) is 0 Å². The summed E-state index contributed by atoms with van der Waals surface area (Å²) in [7, 11) is 1.92. The highest BCUT2D eigenvalue weighted by Gasteiger charge is 2.32. The van der Waals surface area contributed by atoms with Gasteiger partial charge in [0.2, 0.25) is 0 Å². The predicted molar refractivity (Wildman–Crippen MR) is 80.6 cm³/mol. The summed E-state index contributed by atoms with van der Waals surface area (Å²) in [6.45, 7) is 5.63. The first-order valence-electron chi connectivity index (χ1n) is 6.84. The molecular weight excluding hydrogens is 278 g/mol. The lowest BCUT2D eigenvalue weighted by atomic mass is 9.94. The second kappa shape index (κ2) is 6.15. The fraction of sp³-hybridized carbons (Fsp3) is 0.769. The van der Waals surface area contributed by atoms with Crippen molar-refractivity contribution >= 4 is 22.4 Å². The number of ether oxygens (including phenoxy) is 2. The maximum Gasteiger partial charge on any atom is 0.198 e. The van der Waals surface area contributed by atoms with E-state index >= 15 is 0 Å². The Morgan fingerprint density at radius 3 is 2.75 bits per heavy atom. The SMILES string of the molecule is CC(C)Oc1c(N)nsc1N(C)CC1(O)CCOCC1. The lowest BCUT2D eigenvalue weighted by Gasteiger charge is -2.35. The standard InChI is InChI=1S/C13H23N3O3S/c1-9(2)19-10-11(14)15-20-12(10)16(3)8-13(17)4-6-18-7-5-13/h9,17H,4-8H2,1-3H3,(H2,14,15). The number of likely N-dealkylation sites (N-methyl/N-ethyl adjacent to an activating group) is 1. The number of nitrogens with two attached hydrogens (primary N) is 1. The summed E-state index contributed by atoms with van der Waals surface area (Å²) in [6.07, 6.45) is 1.32. The molecule has 0 amide bonds. The van der Waals surface area contributed by atoms with Gasteiger partial charge in [-0.3, -0.25) is 0 Å². The van der Waals surface area contributed by atoms with E-state index in [9.17, 15) is 5.11 Å². The molecule has 7 heteroatoms. The van der Waals surface area contributed by atoms with Crippen LogP contribution in [0.3, 0.4) is 0 Å². The van der Waals surface area contributed by atoms with Crippen molar-refractivity contribution in [3.63, 3.8) is 0 Å². The van der Waals surface area contributed by atoms with Crippen LogP contribution in [-0.2, 0) is 4.74 Å². The van der Waals surface area contributed by atoms with Crippen molar-refractivity contribution in [2.45, 2.75) is 38.4 Å². The Bertz CT molecular complexity index is 444. The molecule has 20 heavy (non-hydrogen) atoms. The van der Waals surface area contributed by atoms with Gasteiger partial charge in [-0.05, 0) is 25.4 Å². The summed E-state index contributed by atoms with van der Waals surface area (Å²) in [5.41, 5.74) is 5.14. The smallest absolute Gasteiger partial charge is 0.198 e. The molecule has 0 bridgehead atoms. The second-order valence-electron chi connectivity index (χ2n) is 5.56. The number of nitrogen functional groups attached to an aromatic ring is 1. The monoisotopic (exact) mass is 301 g/mol. The molecule has 1 aromatic rings. The van der Waals surface area contributed by atoms with Crippen molar-refractivity contribution in [2.24, 2.45) is 0 Å². The van der Waals surface area contributed by atoms with Crippen LogP contribution in [0.15, 0.2) is 0 Å². The van der Waals surface area contributed by atoms with Gasteiger partial charge in [0, 0.05) is 39.6 Å². The number of anilines is 2. The Kier molecular flexibility index (Phi) is 4.72. The third kappa shape index (κ3) is 3.53. The van der Waals surface area contributed by atoms with Crippen LogP contribution in [0, 0.1) is 0 Å². The van der Waals surface area contributed by atoms with Gasteiger partial charge >= 0.3 is 0 Å². The third-order valence-electron chi connectivity index (χ3n) is 3.31. The first-order valence-corrected chi connectivity index (χ1v) is 7.62. The topological polar surface area (TPSA) is 80.8 Å². The van der Waals surface area contributed by atoms with Gasteiger partial charge in [-0.1, -0.05) is 0 Å². The van der Waals surface area contributed by atoms with E-state index in [0.29, 0.717) is 44.2 Å². The van der Waals surface area contributed by atoms with E-state index in [1.54, 1.807) is 0 Å². The minimum atomic E-state index is -0.721. The van der Waals surface area contributed by atoms with E-state index in [1.807, 2.05) is 25.8 Å². The van der Waals surface area contributed by atoms with Crippen LogP contribution >= 0.6 is 11.5 Å². The summed E-state index contributed by atoms with van der Waals surface area (Å²) in [5.74, 6) is 1.02. The predicted octanol–water partition coefficient (Wildman–Crippen LogP) is 1.49. The van der Waals surface area contributed by atoms with Crippen molar-refractivity contribution in [1.29, 1.82) is 0 Å². The average molecular weight is 301 g/mol. The normalized spacial score (nSPS) is 18.2. The van der Waals surface area contributed by atoms with Crippen LogP contribution in [0.4, 0.5) is 10.8 Å². The van der Waals surface area contributed by atoms with Crippen LogP contribution in [0.5, 0.6) is 5.75 Å². The highest BCUT2D eigenvalue weighted by Crippen LogP contribution is 2.39. The van der Waals surface area contributed by atoms with Gasteiger partial charge in [-0.25, -0.2) is 0 Å². The molecule has 0 atom stereocenters. The van der Waals surface area contributed by atoms with Crippen molar-refractivity contribution < 1.29 is 14.6 Å². The third-order valence-corrected chi connectivity index (χ3v) is 4.27. The van der Waals surface area contributed by atoms with Gasteiger partial charge in [0.25, 0.3) is 0 Å². The molecule has 6 nitrogen and oxygen atoms in total. The van der Waals surface area contributed by atoms with Crippen LogP contribution < -0.4 is 15.4 Å².